The lowest BCUT2D eigenvalue weighted by Gasteiger charge is -2.15. The number of benzene rings is 2. The summed E-state index contributed by atoms with van der Waals surface area (Å²) in [4.78, 5) is 0. The first kappa shape index (κ1) is 17.2. The lowest BCUT2D eigenvalue weighted by molar-refractivity contribution is 0.632. The van der Waals surface area contributed by atoms with Crippen LogP contribution in [0.25, 0.3) is 11.1 Å². The van der Waals surface area contributed by atoms with Gasteiger partial charge in [0, 0.05) is 5.70 Å². The van der Waals surface area contributed by atoms with Gasteiger partial charge in [-0.25, -0.2) is 4.39 Å². The molecule has 0 atom stereocenters. The zero-order valence-corrected chi connectivity index (χ0v) is 15.0. The van der Waals surface area contributed by atoms with E-state index in [0.29, 0.717) is 5.69 Å². The first-order chi connectivity index (χ1) is 12.0. The van der Waals surface area contributed by atoms with E-state index in [1.807, 2.05) is 38.1 Å². The van der Waals surface area contributed by atoms with Crippen LogP contribution in [-0.4, -0.2) is 0 Å². The Balaban J connectivity index is 1.83. The molecule has 0 amide bonds. The second-order valence-corrected chi connectivity index (χ2v) is 6.76. The molecule has 1 N–H and O–H groups in total. The summed E-state index contributed by atoms with van der Waals surface area (Å²) in [5.41, 5.74) is 7.80. The molecular weight excluding hydrogens is 309 g/mol. The molecule has 3 rings (SSSR count). The molecule has 2 aromatic carbocycles. The third-order valence-electron chi connectivity index (χ3n) is 4.70. The fraction of sp³-hybridized carbons (Fsp3) is 0.217. The SMILES string of the molecule is C=C(C)C1=C(C(=C)Nc2ccc(-c3cccc(C)c3)cc2F)CCC1. The third-order valence-corrected chi connectivity index (χ3v) is 4.70. The third kappa shape index (κ3) is 3.74. The van der Waals surface area contributed by atoms with E-state index >= 15 is 0 Å². The number of aryl methyl sites for hydroxylation is 1. The Bertz CT molecular complexity index is 873. The Kier molecular flexibility index (Phi) is 4.89. The van der Waals surface area contributed by atoms with Crippen LogP contribution in [0.2, 0.25) is 0 Å². The van der Waals surface area contributed by atoms with Crippen molar-refractivity contribution in [3.63, 3.8) is 0 Å². The highest BCUT2D eigenvalue weighted by Gasteiger charge is 2.18. The summed E-state index contributed by atoms with van der Waals surface area (Å²) in [5.74, 6) is -0.268. The Morgan fingerprint density at radius 2 is 1.72 bits per heavy atom. The first-order valence-corrected chi connectivity index (χ1v) is 8.66. The summed E-state index contributed by atoms with van der Waals surface area (Å²) < 4.78 is 14.6. The molecule has 2 heteroatoms. The summed E-state index contributed by atoms with van der Waals surface area (Å²) >= 11 is 0. The van der Waals surface area contributed by atoms with Gasteiger partial charge in [0.05, 0.1) is 5.69 Å². The maximum absolute atomic E-state index is 14.6. The Morgan fingerprint density at radius 3 is 2.40 bits per heavy atom. The van der Waals surface area contributed by atoms with Crippen LogP contribution in [0.3, 0.4) is 0 Å². The lowest BCUT2D eigenvalue weighted by Crippen LogP contribution is -2.03. The van der Waals surface area contributed by atoms with Crippen molar-refractivity contribution in [1.29, 1.82) is 0 Å². The van der Waals surface area contributed by atoms with Gasteiger partial charge in [0.25, 0.3) is 0 Å². The van der Waals surface area contributed by atoms with E-state index in [2.05, 4.69) is 24.5 Å². The molecule has 0 radical (unpaired) electrons. The van der Waals surface area contributed by atoms with Gasteiger partial charge in [-0.05, 0) is 67.5 Å². The lowest BCUT2D eigenvalue weighted by atomic mass is 10.0. The number of nitrogens with one attached hydrogen (secondary N) is 1. The Labute approximate surface area is 149 Å². The van der Waals surface area contributed by atoms with Gasteiger partial charge in [0.2, 0.25) is 0 Å². The molecule has 0 fully saturated rings. The minimum atomic E-state index is -0.268. The molecule has 0 aromatic heterocycles. The molecule has 1 nitrogen and oxygen atoms in total. The molecule has 2 aromatic rings. The average Bonchev–Trinajstić information content (AvgIpc) is 3.06. The topological polar surface area (TPSA) is 12.0 Å². The second kappa shape index (κ2) is 7.10. The average molecular weight is 333 g/mol. The second-order valence-electron chi connectivity index (χ2n) is 6.76. The molecule has 1 aliphatic rings. The maximum atomic E-state index is 14.6. The van der Waals surface area contributed by atoms with Crippen molar-refractivity contribution >= 4 is 5.69 Å². The largest absolute Gasteiger partial charge is 0.353 e. The van der Waals surface area contributed by atoms with Crippen molar-refractivity contribution < 1.29 is 4.39 Å². The zero-order chi connectivity index (χ0) is 18.0. The van der Waals surface area contributed by atoms with Gasteiger partial charge < -0.3 is 5.32 Å². The van der Waals surface area contributed by atoms with Gasteiger partial charge in [-0.3, -0.25) is 0 Å². The fourth-order valence-electron chi connectivity index (χ4n) is 3.41. The van der Waals surface area contributed by atoms with E-state index < -0.39 is 0 Å². The standard InChI is InChI=1S/C23H24FN/c1-15(2)20-9-6-10-21(20)17(4)25-23-12-11-19(14-22(23)24)18-8-5-7-16(3)13-18/h5,7-8,11-14,25H,1,4,6,9-10H2,2-3H3. The van der Waals surface area contributed by atoms with Crippen molar-refractivity contribution in [2.24, 2.45) is 0 Å². The van der Waals surface area contributed by atoms with Gasteiger partial charge in [-0.2, -0.15) is 0 Å². The summed E-state index contributed by atoms with van der Waals surface area (Å²) in [6.45, 7) is 12.2. The van der Waals surface area contributed by atoms with E-state index in [1.165, 1.54) is 11.1 Å². The minimum absolute atomic E-state index is 0.268. The van der Waals surface area contributed by atoms with Crippen molar-refractivity contribution in [3.05, 3.63) is 89.4 Å². The minimum Gasteiger partial charge on any atom is -0.353 e. The van der Waals surface area contributed by atoms with Crippen LogP contribution in [0.5, 0.6) is 0 Å². The van der Waals surface area contributed by atoms with Crippen molar-refractivity contribution in [1.82, 2.24) is 0 Å². The smallest absolute Gasteiger partial charge is 0.147 e. The molecule has 0 heterocycles. The summed E-state index contributed by atoms with van der Waals surface area (Å²) in [7, 11) is 0. The van der Waals surface area contributed by atoms with Crippen LogP contribution in [0.15, 0.2) is 78.0 Å². The number of halogens is 1. The van der Waals surface area contributed by atoms with Crippen LogP contribution in [0.1, 0.15) is 31.7 Å². The summed E-state index contributed by atoms with van der Waals surface area (Å²) in [5, 5.41) is 3.16. The normalized spacial score (nSPS) is 13.9. The zero-order valence-electron chi connectivity index (χ0n) is 15.0. The molecule has 1 aliphatic carbocycles. The van der Waals surface area contributed by atoms with E-state index in [1.54, 1.807) is 12.1 Å². The van der Waals surface area contributed by atoms with Crippen LogP contribution in [0, 0.1) is 12.7 Å². The van der Waals surface area contributed by atoms with Gasteiger partial charge in [-0.15, -0.1) is 0 Å². The van der Waals surface area contributed by atoms with Crippen LogP contribution < -0.4 is 5.32 Å². The highest BCUT2D eigenvalue weighted by atomic mass is 19.1. The van der Waals surface area contributed by atoms with Crippen molar-refractivity contribution in [2.75, 3.05) is 5.32 Å². The Morgan fingerprint density at radius 1 is 1.00 bits per heavy atom. The first-order valence-electron chi connectivity index (χ1n) is 8.66. The predicted octanol–water partition coefficient (Wildman–Crippen LogP) is 6.78. The van der Waals surface area contributed by atoms with Gasteiger partial charge in [0.1, 0.15) is 5.82 Å². The van der Waals surface area contributed by atoms with Crippen LogP contribution in [0.4, 0.5) is 10.1 Å². The number of hydrogen-bond acceptors (Lipinski definition) is 1. The van der Waals surface area contributed by atoms with E-state index in [4.69, 9.17) is 0 Å². The van der Waals surface area contributed by atoms with Gasteiger partial charge >= 0.3 is 0 Å². The van der Waals surface area contributed by atoms with Crippen LogP contribution in [-0.2, 0) is 0 Å². The molecule has 0 spiro atoms. The molecule has 25 heavy (non-hydrogen) atoms. The van der Waals surface area contributed by atoms with Gasteiger partial charge in [-0.1, -0.05) is 54.6 Å². The number of anilines is 1. The highest BCUT2D eigenvalue weighted by Crippen LogP contribution is 2.35. The van der Waals surface area contributed by atoms with E-state index in [-0.39, 0.29) is 5.82 Å². The van der Waals surface area contributed by atoms with E-state index in [9.17, 15) is 4.39 Å². The van der Waals surface area contributed by atoms with Gasteiger partial charge in [0.15, 0.2) is 0 Å². The number of rotatable bonds is 5. The van der Waals surface area contributed by atoms with Crippen molar-refractivity contribution in [3.8, 4) is 11.1 Å². The fourth-order valence-corrected chi connectivity index (χ4v) is 3.41. The highest BCUT2D eigenvalue weighted by molar-refractivity contribution is 5.68. The molecule has 0 saturated heterocycles. The summed E-state index contributed by atoms with van der Waals surface area (Å²) in [6.07, 6.45) is 3.10. The number of allylic oxidation sites excluding steroid dienone is 3. The predicted molar refractivity (Wildman–Crippen MR) is 105 cm³/mol. The molecular formula is C23H24FN. The molecule has 0 aliphatic heterocycles. The summed E-state index contributed by atoms with van der Waals surface area (Å²) in [6, 6.07) is 13.4. The Hall–Kier alpha value is -2.61. The molecule has 0 saturated carbocycles. The van der Waals surface area contributed by atoms with Crippen molar-refractivity contribution in [2.45, 2.75) is 33.1 Å². The molecule has 0 unspecified atom stereocenters. The number of hydrogen-bond donors (Lipinski definition) is 1. The molecule has 128 valence electrons. The maximum Gasteiger partial charge on any atom is 0.147 e. The molecule has 0 bridgehead atoms. The van der Waals surface area contributed by atoms with E-state index in [0.717, 1.165) is 47.2 Å². The monoisotopic (exact) mass is 333 g/mol. The van der Waals surface area contributed by atoms with Crippen LogP contribution >= 0.6 is 0 Å². The quantitative estimate of drug-likeness (QED) is 0.635.